The van der Waals surface area contributed by atoms with Gasteiger partial charge in [0.25, 0.3) is 7.82 Å². The van der Waals surface area contributed by atoms with Gasteiger partial charge in [-0.15, -0.1) is 0 Å². The van der Waals surface area contributed by atoms with Crippen molar-refractivity contribution >= 4 is 13.8 Å². The fourth-order valence-corrected chi connectivity index (χ4v) is 5.17. The first-order chi connectivity index (χ1) is 18.7. The van der Waals surface area contributed by atoms with Crippen LogP contribution >= 0.6 is 7.82 Å². The van der Waals surface area contributed by atoms with Gasteiger partial charge in [0.1, 0.15) is 19.3 Å². The Hall–Kier alpha value is -0.500. The van der Waals surface area contributed by atoms with Crippen molar-refractivity contribution in [1.29, 1.82) is 0 Å². The van der Waals surface area contributed by atoms with Crippen LogP contribution < -0.4 is 4.89 Å². The van der Waals surface area contributed by atoms with Gasteiger partial charge in [-0.3, -0.25) is 9.36 Å². The van der Waals surface area contributed by atoms with Gasteiger partial charge in [0.05, 0.1) is 33.4 Å². The minimum absolute atomic E-state index is 0.0486. The highest BCUT2D eigenvalue weighted by molar-refractivity contribution is 7.45. The van der Waals surface area contributed by atoms with Crippen LogP contribution in [0.25, 0.3) is 0 Å². The molecule has 0 aromatic heterocycles. The number of quaternary nitrogens is 1. The molecule has 0 N–H and O–H groups in total. The lowest BCUT2D eigenvalue weighted by atomic mass is 10.0. The number of phosphoric acid groups is 1. The van der Waals surface area contributed by atoms with E-state index in [9.17, 15) is 14.3 Å². The van der Waals surface area contributed by atoms with Crippen LogP contribution in [-0.2, 0) is 27.9 Å². The predicted molar refractivity (Wildman–Crippen MR) is 158 cm³/mol. The van der Waals surface area contributed by atoms with E-state index in [-0.39, 0.29) is 19.8 Å². The topological polar surface area (TPSA) is 94.1 Å². The predicted octanol–water partition coefficient (Wildman–Crippen LogP) is 7.18. The van der Waals surface area contributed by atoms with E-state index in [4.69, 9.17) is 18.5 Å². The van der Waals surface area contributed by atoms with Crippen molar-refractivity contribution in [1.82, 2.24) is 0 Å². The molecule has 0 spiro atoms. The summed E-state index contributed by atoms with van der Waals surface area (Å²) in [4.78, 5) is 23.5. The summed E-state index contributed by atoms with van der Waals surface area (Å²) in [6, 6.07) is 0. The number of esters is 1. The summed E-state index contributed by atoms with van der Waals surface area (Å²) < 4.78 is 33.6. The number of likely N-dealkylation sites (N-methyl/N-ethyl adjacent to an activating group) is 1. The maximum absolute atomic E-state index is 12.1. The van der Waals surface area contributed by atoms with Gasteiger partial charge in [-0.1, -0.05) is 103 Å². The molecule has 0 bridgehead atoms. The third-order valence-electron chi connectivity index (χ3n) is 7.60. The molecule has 2 atom stereocenters. The fraction of sp³-hybridized carbons (Fsp3) is 0.967. The average molecular weight is 580 g/mol. The van der Waals surface area contributed by atoms with Crippen LogP contribution in [-0.4, -0.2) is 69.7 Å². The third kappa shape index (κ3) is 25.0. The van der Waals surface area contributed by atoms with Gasteiger partial charge < -0.3 is 27.9 Å². The smallest absolute Gasteiger partial charge is 0.303 e. The highest BCUT2D eigenvalue weighted by Gasteiger charge is 2.21. The summed E-state index contributed by atoms with van der Waals surface area (Å²) in [5.41, 5.74) is 0. The van der Waals surface area contributed by atoms with E-state index in [0.717, 1.165) is 25.9 Å². The lowest BCUT2D eigenvalue weighted by Crippen LogP contribution is -2.45. The molecule has 9 heteroatoms. The van der Waals surface area contributed by atoms with Gasteiger partial charge in [-0.2, -0.15) is 0 Å². The van der Waals surface area contributed by atoms with Gasteiger partial charge in [0, 0.05) is 13.5 Å². The molecule has 0 aliphatic rings. The van der Waals surface area contributed by atoms with Crippen molar-refractivity contribution in [3.8, 4) is 0 Å². The molecule has 0 amide bonds. The number of nitrogens with zero attached hydrogens (tertiary/aromatic N) is 1. The van der Waals surface area contributed by atoms with Crippen molar-refractivity contribution in [3.05, 3.63) is 0 Å². The number of unbranched alkanes of at least 4 members (excludes halogenated alkanes) is 15. The second kappa shape index (κ2) is 25.2. The van der Waals surface area contributed by atoms with E-state index in [0.29, 0.717) is 17.6 Å². The molecule has 234 valence electrons. The van der Waals surface area contributed by atoms with E-state index in [2.05, 4.69) is 20.8 Å². The summed E-state index contributed by atoms with van der Waals surface area (Å²) in [6.45, 7) is 10.4. The van der Waals surface area contributed by atoms with E-state index < -0.39 is 19.9 Å². The van der Waals surface area contributed by atoms with Crippen LogP contribution in [0.5, 0.6) is 0 Å². The summed E-state index contributed by atoms with van der Waals surface area (Å²) in [7, 11) is -2.43. The fourth-order valence-electron chi connectivity index (χ4n) is 4.44. The standard InChI is InChI=1S/C30H62NO7P/c1-6-9-10-11-12-13-14-15-16-17-18-19-20-21-22-23-25-35-27-30(38-29(4)32)28-37-39(33,34)36-26-24-31(5,7-2)8-3/h30H,6-28H2,1-5H3/t30-/m1/s1. The van der Waals surface area contributed by atoms with E-state index in [1.54, 1.807) is 0 Å². The maximum atomic E-state index is 12.1. The number of hydrogen-bond acceptors (Lipinski definition) is 7. The molecule has 8 nitrogen and oxygen atoms in total. The molecule has 0 aromatic carbocycles. The van der Waals surface area contributed by atoms with Crippen LogP contribution in [0, 0.1) is 0 Å². The highest BCUT2D eigenvalue weighted by atomic mass is 31.2. The van der Waals surface area contributed by atoms with Gasteiger partial charge in [-0.05, 0) is 20.3 Å². The Bertz CT molecular complexity index is 616. The van der Waals surface area contributed by atoms with Crippen LogP contribution in [0.1, 0.15) is 130 Å². The zero-order valence-corrected chi connectivity index (χ0v) is 27.0. The lowest BCUT2D eigenvalue weighted by Gasteiger charge is -2.33. The molecule has 0 saturated carbocycles. The largest absolute Gasteiger partial charge is 0.756 e. The Morgan fingerprint density at radius 3 is 1.62 bits per heavy atom. The Morgan fingerprint density at radius 2 is 1.18 bits per heavy atom. The minimum atomic E-state index is -4.48. The first kappa shape index (κ1) is 38.5. The molecular formula is C30H62NO7P. The lowest BCUT2D eigenvalue weighted by molar-refractivity contribution is -0.906. The average Bonchev–Trinajstić information content (AvgIpc) is 2.90. The number of carbonyl (C=O) groups excluding carboxylic acids is 1. The minimum Gasteiger partial charge on any atom is -0.756 e. The molecule has 0 rings (SSSR count). The second-order valence-corrected chi connectivity index (χ2v) is 12.6. The zero-order valence-electron chi connectivity index (χ0n) is 26.1. The van der Waals surface area contributed by atoms with E-state index in [1.165, 1.54) is 96.8 Å². The normalized spacial score (nSPS) is 14.3. The Balaban J connectivity index is 3.81. The molecule has 0 fully saturated rings. The Kier molecular flexibility index (Phi) is 24.9. The molecular weight excluding hydrogens is 517 g/mol. The van der Waals surface area contributed by atoms with Gasteiger partial charge >= 0.3 is 5.97 Å². The monoisotopic (exact) mass is 579 g/mol. The Labute approximate surface area is 240 Å². The second-order valence-electron chi connectivity index (χ2n) is 11.2. The van der Waals surface area contributed by atoms with Crippen LogP contribution in [0.4, 0.5) is 0 Å². The molecule has 0 heterocycles. The van der Waals surface area contributed by atoms with Crippen molar-refractivity contribution in [2.24, 2.45) is 0 Å². The third-order valence-corrected chi connectivity index (χ3v) is 8.57. The van der Waals surface area contributed by atoms with Crippen LogP contribution in [0.2, 0.25) is 0 Å². The van der Waals surface area contributed by atoms with Gasteiger partial charge in [0.2, 0.25) is 0 Å². The molecule has 39 heavy (non-hydrogen) atoms. The van der Waals surface area contributed by atoms with Crippen molar-refractivity contribution in [2.75, 3.05) is 53.1 Å². The zero-order chi connectivity index (χ0) is 29.2. The van der Waals surface area contributed by atoms with Crippen molar-refractivity contribution in [2.45, 2.75) is 137 Å². The number of ether oxygens (including phenoxy) is 2. The Morgan fingerprint density at radius 1 is 0.718 bits per heavy atom. The van der Waals surface area contributed by atoms with E-state index >= 15 is 0 Å². The maximum Gasteiger partial charge on any atom is 0.303 e. The number of rotatable bonds is 29. The highest BCUT2D eigenvalue weighted by Crippen LogP contribution is 2.38. The number of carbonyl (C=O) groups is 1. The van der Waals surface area contributed by atoms with Crippen LogP contribution in [0.3, 0.4) is 0 Å². The number of phosphoric ester groups is 1. The molecule has 0 radical (unpaired) electrons. The first-order valence-electron chi connectivity index (χ1n) is 15.9. The molecule has 0 aliphatic carbocycles. The number of hydrogen-bond donors (Lipinski definition) is 0. The van der Waals surface area contributed by atoms with Crippen molar-refractivity contribution in [3.63, 3.8) is 0 Å². The van der Waals surface area contributed by atoms with Crippen LogP contribution in [0.15, 0.2) is 0 Å². The van der Waals surface area contributed by atoms with Crippen molar-refractivity contribution < 1.29 is 37.3 Å². The first-order valence-corrected chi connectivity index (χ1v) is 17.3. The molecule has 1 unspecified atom stereocenters. The van der Waals surface area contributed by atoms with E-state index in [1.807, 2.05) is 7.05 Å². The molecule has 0 aliphatic heterocycles. The molecule has 0 saturated heterocycles. The summed E-state index contributed by atoms with van der Waals surface area (Å²) >= 11 is 0. The quantitative estimate of drug-likeness (QED) is 0.0401. The summed E-state index contributed by atoms with van der Waals surface area (Å²) in [5, 5.41) is 0. The van der Waals surface area contributed by atoms with Gasteiger partial charge in [-0.25, -0.2) is 0 Å². The summed E-state index contributed by atoms with van der Waals surface area (Å²) in [5.74, 6) is -0.504. The summed E-state index contributed by atoms with van der Waals surface area (Å²) in [6.07, 6.45) is 20.2. The SMILES string of the molecule is CCCCCCCCCCCCCCCCCCOC[C@H](COP(=O)([O-])OCC[N+](C)(CC)CC)OC(C)=O. The molecule has 0 aromatic rings. The van der Waals surface area contributed by atoms with Gasteiger partial charge in [0.15, 0.2) is 0 Å².